The summed E-state index contributed by atoms with van der Waals surface area (Å²) in [7, 11) is 0. The third-order valence-corrected chi connectivity index (χ3v) is 1.86. The minimum Gasteiger partial charge on any atom is -0.244 e. The van der Waals surface area contributed by atoms with Crippen LogP contribution in [0.15, 0.2) is 12.3 Å². The molecule has 0 aliphatic carbocycles. The van der Waals surface area contributed by atoms with Crippen molar-refractivity contribution in [2.24, 2.45) is 0 Å². The molecule has 0 N–H and O–H groups in total. The largest absolute Gasteiger partial charge is 0.419 e. The van der Waals surface area contributed by atoms with E-state index in [1.54, 1.807) is 22.6 Å². The Hall–Kier alpha value is -0.840. The Balaban J connectivity index is 3.35. The molecule has 0 fully saturated rings. The van der Waals surface area contributed by atoms with Gasteiger partial charge in [0.25, 0.3) is 0 Å². The van der Waals surface area contributed by atoms with Crippen LogP contribution < -0.4 is 0 Å². The molecule has 0 radical (unpaired) electrons. The summed E-state index contributed by atoms with van der Waals surface area (Å²) in [5.41, 5.74) is -1.57. The molecular weight excluding hydrogens is 296 g/mol. The number of hydrogen-bond donors (Lipinski definition) is 0. The highest BCUT2D eigenvalue weighted by molar-refractivity contribution is 14.1. The zero-order valence-corrected chi connectivity index (χ0v) is 8.22. The topological polar surface area (TPSA) is 36.7 Å². The number of pyridine rings is 1. The van der Waals surface area contributed by atoms with Crippen molar-refractivity contribution in [2.75, 3.05) is 0 Å². The predicted molar refractivity (Wildman–Crippen MR) is 46.7 cm³/mol. The van der Waals surface area contributed by atoms with Crippen LogP contribution >= 0.6 is 22.6 Å². The van der Waals surface area contributed by atoms with E-state index in [1.165, 1.54) is 12.3 Å². The van der Waals surface area contributed by atoms with Crippen molar-refractivity contribution in [3.63, 3.8) is 0 Å². The highest BCUT2D eigenvalue weighted by Crippen LogP contribution is 2.31. The summed E-state index contributed by atoms with van der Waals surface area (Å²) >= 11 is 1.71. The van der Waals surface area contributed by atoms with Crippen LogP contribution in [0.5, 0.6) is 0 Å². The second-order valence-electron chi connectivity index (χ2n) is 2.16. The first-order valence-corrected chi connectivity index (χ1v) is 4.16. The van der Waals surface area contributed by atoms with Gasteiger partial charge in [0.05, 0.1) is 5.56 Å². The molecule has 0 spiro atoms. The van der Waals surface area contributed by atoms with Gasteiger partial charge < -0.3 is 0 Å². The first-order chi connectivity index (χ1) is 5.95. The van der Waals surface area contributed by atoms with E-state index in [4.69, 9.17) is 5.26 Å². The summed E-state index contributed by atoms with van der Waals surface area (Å²) < 4.78 is 37.0. The van der Waals surface area contributed by atoms with Gasteiger partial charge >= 0.3 is 6.18 Å². The van der Waals surface area contributed by atoms with Gasteiger partial charge in [-0.3, -0.25) is 0 Å². The van der Waals surface area contributed by atoms with E-state index < -0.39 is 17.4 Å². The SMILES string of the molecule is N#Cc1ncc(I)cc1C(F)(F)F. The van der Waals surface area contributed by atoms with Crippen LogP contribution in [0.1, 0.15) is 11.3 Å². The van der Waals surface area contributed by atoms with E-state index in [1.807, 2.05) is 0 Å². The molecule has 0 aliphatic heterocycles. The first kappa shape index (κ1) is 10.2. The molecule has 0 bridgehead atoms. The van der Waals surface area contributed by atoms with Crippen molar-refractivity contribution in [2.45, 2.75) is 6.18 Å². The zero-order valence-electron chi connectivity index (χ0n) is 6.06. The van der Waals surface area contributed by atoms with Crippen LogP contribution in [-0.4, -0.2) is 4.98 Å². The maximum atomic E-state index is 12.2. The number of hydrogen-bond acceptors (Lipinski definition) is 2. The fourth-order valence-electron chi connectivity index (χ4n) is 0.744. The summed E-state index contributed by atoms with van der Waals surface area (Å²) in [6.45, 7) is 0. The molecule has 2 nitrogen and oxygen atoms in total. The third kappa shape index (κ3) is 2.30. The van der Waals surface area contributed by atoms with E-state index in [-0.39, 0.29) is 0 Å². The average Bonchev–Trinajstić information content (AvgIpc) is 2.03. The molecule has 1 aromatic heterocycles. The predicted octanol–water partition coefficient (Wildman–Crippen LogP) is 2.58. The van der Waals surface area contributed by atoms with Crippen molar-refractivity contribution in [3.05, 3.63) is 27.1 Å². The summed E-state index contributed by atoms with van der Waals surface area (Å²) in [5, 5.41) is 8.36. The Morgan fingerprint density at radius 2 is 2.08 bits per heavy atom. The van der Waals surface area contributed by atoms with Crippen molar-refractivity contribution in [3.8, 4) is 6.07 Å². The van der Waals surface area contributed by atoms with Gasteiger partial charge in [0.15, 0.2) is 5.69 Å². The molecular formula is C7H2F3IN2. The van der Waals surface area contributed by atoms with Gasteiger partial charge in [0.2, 0.25) is 0 Å². The van der Waals surface area contributed by atoms with Crippen molar-refractivity contribution in [1.29, 1.82) is 5.26 Å². The van der Waals surface area contributed by atoms with Crippen LogP contribution in [0.4, 0.5) is 13.2 Å². The summed E-state index contributed by atoms with van der Waals surface area (Å²) in [5.74, 6) is 0. The van der Waals surface area contributed by atoms with E-state index >= 15 is 0 Å². The molecule has 13 heavy (non-hydrogen) atoms. The maximum absolute atomic E-state index is 12.2. The fraction of sp³-hybridized carbons (Fsp3) is 0.143. The Morgan fingerprint density at radius 3 is 2.54 bits per heavy atom. The number of alkyl halides is 3. The van der Waals surface area contributed by atoms with Gasteiger partial charge in [-0.2, -0.15) is 18.4 Å². The van der Waals surface area contributed by atoms with Crippen LogP contribution in [0, 0.1) is 14.9 Å². The molecule has 0 atom stereocenters. The molecule has 0 aliphatic rings. The zero-order chi connectivity index (χ0) is 10.1. The number of halogens is 4. The number of rotatable bonds is 0. The van der Waals surface area contributed by atoms with Gasteiger partial charge in [0, 0.05) is 9.77 Å². The molecule has 0 saturated heterocycles. The van der Waals surface area contributed by atoms with E-state index in [0.29, 0.717) is 3.57 Å². The van der Waals surface area contributed by atoms with Crippen molar-refractivity contribution >= 4 is 22.6 Å². The smallest absolute Gasteiger partial charge is 0.244 e. The highest BCUT2D eigenvalue weighted by atomic mass is 127. The summed E-state index contributed by atoms with van der Waals surface area (Å²) in [6, 6.07) is 2.29. The van der Waals surface area contributed by atoms with Gasteiger partial charge in [-0.15, -0.1) is 0 Å². The lowest BCUT2D eigenvalue weighted by Gasteiger charge is -2.07. The average molecular weight is 298 g/mol. The van der Waals surface area contributed by atoms with E-state index in [9.17, 15) is 13.2 Å². The Kier molecular flexibility index (Phi) is 2.75. The van der Waals surface area contributed by atoms with Crippen LogP contribution in [0.25, 0.3) is 0 Å². The quantitative estimate of drug-likeness (QED) is 0.690. The lowest BCUT2D eigenvalue weighted by molar-refractivity contribution is -0.138. The Bertz CT molecular complexity index is 367. The van der Waals surface area contributed by atoms with Gasteiger partial charge in [0.1, 0.15) is 6.07 Å². The third-order valence-electron chi connectivity index (χ3n) is 1.27. The molecule has 68 valence electrons. The molecule has 0 unspecified atom stereocenters. The second-order valence-corrected chi connectivity index (χ2v) is 3.40. The minimum atomic E-state index is -4.51. The van der Waals surface area contributed by atoms with Gasteiger partial charge in [-0.25, -0.2) is 4.98 Å². The summed E-state index contributed by atoms with van der Waals surface area (Å²) in [4.78, 5) is 3.37. The van der Waals surface area contributed by atoms with Crippen LogP contribution in [-0.2, 0) is 6.18 Å². The lowest BCUT2D eigenvalue weighted by atomic mass is 10.2. The molecule has 1 heterocycles. The van der Waals surface area contributed by atoms with Crippen molar-refractivity contribution in [1.82, 2.24) is 4.98 Å². The highest BCUT2D eigenvalue weighted by Gasteiger charge is 2.34. The standard InChI is InChI=1S/C7H2F3IN2/c8-7(9,10)5-1-4(11)3-13-6(5)2-12/h1,3H. The van der Waals surface area contributed by atoms with Crippen LogP contribution in [0.3, 0.4) is 0 Å². The number of aromatic nitrogens is 1. The second kappa shape index (κ2) is 3.49. The van der Waals surface area contributed by atoms with E-state index in [0.717, 1.165) is 6.07 Å². The lowest BCUT2D eigenvalue weighted by Crippen LogP contribution is -2.09. The van der Waals surface area contributed by atoms with Gasteiger partial charge in [-0.05, 0) is 28.7 Å². The fourth-order valence-corrected chi connectivity index (χ4v) is 1.20. The molecule has 0 saturated carbocycles. The molecule has 0 amide bonds. The summed E-state index contributed by atoms with van der Waals surface area (Å²) in [6.07, 6.45) is -3.30. The van der Waals surface area contributed by atoms with Gasteiger partial charge in [-0.1, -0.05) is 0 Å². The van der Waals surface area contributed by atoms with Crippen LogP contribution in [0.2, 0.25) is 0 Å². The number of nitriles is 1. The molecule has 1 rings (SSSR count). The first-order valence-electron chi connectivity index (χ1n) is 3.08. The van der Waals surface area contributed by atoms with E-state index in [2.05, 4.69) is 4.98 Å². The molecule has 6 heteroatoms. The Labute approximate surface area is 85.5 Å². The number of nitrogens with zero attached hydrogens (tertiary/aromatic N) is 2. The van der Waals surface area contributed by atoms with Crippen molar-refractivity contribution < 1.29 is 13.2 Å². The maximum Gasteiger partial charge on any atom is 0.419 e. The molecule has 0 aromatic carbocycles. The Morgan fingerprint density at radius 1 is 1.46 bits per heavy atom. The molecule has 1 aromatic rings. The monoisotopic (exact) mass is 298 g/mol. The minimum absolute atomic E-state index is 0.351. The normalized spacial score (nSPS) is 11.0.